The third-order valence-electron chi connectivity index (χ3n) is 4.61. The first-order valence-electron chi connectivity index (χ1n) is 9.00. The lowest BCUT2D eigenvalue weighted by Crippen LogP contribution is -2.43. The molecule has 0 bridgehead atoms. The van der Waals surface area contributed by atoms with Crippen LogP contribution in [0.3, 0.4) is 0 Å². The third-order valence-corrected chi connectivity index (χ3v) is 4.61. The molecule has 0 aliphatic carbocycles. The number of likely N-dealkylation sites (tertiary alicyclic amines) is 1. The van der Waals surface area contributed by atoms with E-state index in [0.717, 1.165) is 44.8 Å². The number of hydrogen-bond donors (Lipinski definition) is 1. The van der Waals surface area contributed by atoms with Crippen LogP contribution in [0.1, 0.15) is 32.6 Å². The van der Waals surface area contributed by atoms with Gasteiger partial charge in [0.2, 0.25) is 0 Å². The van der Waals surface area contributed by atoms with Crippen molar-refractivity contribution in [2.45, 2.75) is 32.6 Å². The van der Waals surface area contributed by atoms with E-state index in [2.05, 4.69) is 36.3 Å². The van der Waals surface area contributed by atoms with Gasteiger partial charge < -0.3 is 19.9 Å². The number of unbranched alkanes of at least 4 members (excludes halogenated alkanes) is 1. The number of amides is 2. The summed E-state index contributed by atoms with van der Waals surface area (Å²) in [5.41, 5.74) is 2.03. The molecule has 0 aromatic heterocycles. The van der Waals surface area contributed by atoms with Crippen LogP contribution in [-0.4, -0.2) is 51.3 Å². The Morgan fingerprint density at radius 2 is 2.12 bits per heavy atom. The molecule has 1 saturated heterocycles. The van der Waals surface area contributed by atoms with Crippen LogP contribution in [0.15, 0.2) is 24.3 Å². The molecule has 0 unspecified atom stereocenters. The molecule has 1 aromatic carbocycles. The lowest BCUT2D eigenvalue weighted by molar-refractivity contribution is 0.104. The van der Waals surface area contributed by atoms with Crippen molar-refractivity contribution in [2.75, 3.05) is 50.6 Å². The van der Waals surface area contributed by atoms with E-state index in [9.17, 15) is 4.79 Å². The Labute approximate surface area is 146 Å². The molecular formula is C19H31N3O2. The Kier molecular flexibility index (Phi) is 7.37. The summed E-state index contributed by atoms with van der Waals surface area (Å²) < 4.78 is 5.23. The van der Waals surface area contributed by atoms with Gasteiger partial charge in [0, 0.05) is 51.1 Å². The summed E-state index contributed by atoms with van der Waals surface area (Å²) >= 11 is 0. The highest BCUT2D eigenvalue weighted by Gasteiger charge is 2.23. The van der Waals surface area contributed by atoms with Gasteiger partial charge >= 0.3 is 6.03 Å². The predicted octanol–water partition coefficient (Wildman–Crippen LogP) is 3.81. The SMILES string of the molecule is CCCCN(C)c1ccc(NC(=O)N2CCC[C@@H](COC)C2)cc1. The zero-order valence-electron chi connectivity index (χ0n) is 15.3. The van der Waals surface area contributed by atoms with Crippen molar-refractivity contribution in [3.63, 3.8) is 0 Å². The van der Waals surface area contributed by atoms with E-state index >= 15 is 0 Å². The van der Waals surface area contributed by atoms with E-state index < -0.39 is 0 Å². The van der Waals surface area contributed by atoms with Crippen molar-refractivity contribution in [1.29, 1.82) is 0 Å². The number of nitrogens with one attached hydrogen (secondary N) is 1. The molecule has 24 heavy (non-hydrogen) atoms. The van der Waals surface area contributed by atoms with Crippen LogP contribution < -0.4 is 10.2 Å². The highest BCUT2D eigenvalue weighted by Crippen LogP contribution is 2.20. The van der Waals surface area contributed by atoms with Crippen molar-refractivity contribution < 1.29 is 9.53 Å². The van der Waals surface area contributed by atoms with E-state index in [1.54, 1.807) is 7.11 Å². The molecule has 2 amide bonds. The number of carbonyl (C=O) groups excluding carboxylic acids is 1. The van der Waals surface area contributed by atoms with Crippen LogP contribution in [0.5, 0.6) is 0 Å². The van der Waals surface area contributed by atoms with Crippen molar-refractivity contribution in [3.8, 4) is 0 Å². The molecule has 1 aliphatic rings. The molecule has 0 spiro atoms. The van der Waals surface area contributed by atoms with Crippen LogP contribution >= 0.6 is 0 Å². The molecular weight excluding hydrogens is 302 g/mol. The monoisotopic (exact) mass is 333 g/mol. The second kappa shape index (κ2) is 9.52. The highest BCUT2D eigenvalue weighted by molar-refractivity contribution is 5.89. The first kappa shape index (κ1) is 18.6. The van der Waals surface area contributed by atoms with Crippen molar-refractivity contribution in [1.82, 2.24) is 4.90 Å². The summed E-state index contributed by atoms with van der Waals surface area (Å²) in [6.45, 7) is 5.57. The number of rotatable bonds is 7. The standard InChI is InChI=1S/C19H31N3O2/c1-4-5-12-21(2)18-10-8-17(9-11-18)20-19(23)22-13-6-7-16(14-22)15-24-3/h8-11,16H,4-7,12-15H2,1-3H3,(H,20,23)/t16-/m1/s1. The molecule has 0 radical (unpaired) electrons. The zero-order valence-corrected chi connectivity index (χ0v) is 15.3. The number of ether oxygens (including phenoxy) is 1. The molecule has 5 heteroatoms. The van der Waals surface area contributed by atoms with Crippen LogP contribution in [0, 0.1) is 5.92 Å². The molecule has 1 aliphatic heterocycles. The minimum absolute atomic E-state index is 0.0112. The predicted molar refractivity (Wildman–Crippen MR) is 99.8 cm³/mol. The fraction of sp³-hybridized carbons (Fsp3) is 0.632. The van der Waals surface area contributed by atoms with Gasteiger partial charge in [0.25, 0.3) is 0 Å². The van der Waals surface area contributed by atoms with Gasteiger partial charge in [0.15, 0.2) is 0 Å². The van der Waals surface area contributed by atoms with Crippen LogP contribution in [0.4, 0.5) is 16.2 Å². The Hall–Kier alpha value is -1.75. The van der Waals surface area contributed by atoms with Gasteiger partial charge in [-0.2, -0.15) is 0 Å². The Bertz CT molecular complexity index is 502. The van der Waals surface area contributed by atoms with Gasteiger partial charge in [-0.3, -0.25) is 0 Å². The average Bonchev–Trinajstić information content (AvgIpc) is 2.61. The number of piperidine rings is 1. The van der Waals surface area contributed by atoms with E-state index in [1.165, 1.54) is 18.5 Å². The van der Waals surface area contributed by atoms with Crippen molar-refractivity contribution in [3.05, 3.63) is 24.3 Å². The molecule has 134 valence electrons. The topological polar surface area (TPSA) is 44.8 Å². The van der Waals surface area contributed by atoms with Crippen LogP contribution in [-0.2, 0) is 4.74 Å². The smallest absolute Gasteiger partial charge is 0.321 e. The summed E-state index contributed by atoms with van der Waals surface area (Å²) in [5.74, 6) is 0.448. The number of benzene rings is 1. The minimum atomic E-state index is -0.0112. The third kappa shape index (κ3) is 5.41. The first-order chi connectivity index (χ1) is 11.6. The van der Waals surface area contributed by atoms with Crippen molar-refractivity contribution >= 4 is 17.4 Å². The normalized spacial score (nSPS) is 17.6. The summed E-state index contributed by atoms with van der Waals surface area (Å²) in [4.78, 5) is 16.6. The second-order valence-electron chi connectivity index (χ2n) is 6.66. The maximum Gasteiger partial charge on any atom is 0.321 e. The van der Waals surface area contributed by atoms with Gasteiger partial charge in [0.1, 0.15) is 0 Å². The van der Waals surface area contributed by atoms with Gasteiger partial charge in [-0.05, 0) is 43.5 Å². The molecule has 1 N–H and O–H groups in total. The largest absolute Gasteiger partial charge is 0.384 e. The van der Waals surface area contributed by atoms with E-state index in [1.807, 2.05) is 17.0 Å². The van der Waals surface area contributed by atoms with Gasteiger partial charge in [-0.15, -0.1) is 0 Å². The molecule has 1 fully saturated rings. The maximum atomic E-state index is 12.4. The fourth-order valence-corrected chi connectivity index (χ4v) is 3.15. The van der Waals surface area contributed by atoms with Gasteiger partial charge in [-0.1, -0.05) is 13.3 Å². The number of hydrogen-bond acceptors (Lipinski definition) is 3. The molecule has 1 heterocycles. The van der Waals surface area contributed by atoms with Gasteiger partial charge in [0.05, 0.1) is 6.61 Å². The highest BCUT2D eigenvalue weighted by atomic mass is 16.5. The summed E-state index contributed by atoms with van der Waals surface area (Å²) in [6.07, 6.45) is 4.56. The molecule has 5 nitrogen and oxygen atoms in total. The van der Waals surface area contributed by atoms with Gasteiger partial charge in [-0.25, -0.2) is 4.79 Å². The molecule has 0 saturated carbocycles. The Morgan fingerprint density at radius 1 is 1.38 bits per heavy atom. The summed E-state index contributed by atoms with van der Waals surface area (Å²) in [6, 6.07) is 8.08. The lowest BCUT2D eigenvalue weighted by Gasteiger charge is -2.32. The van der Waals surface area contributed by atoms with Crippen LogP contribution in [0.25, 0.3) is 0 Å². The Balaban J connectivity index is 1.87. The van der Waals surface area contributed by atoms with E-state index in [4.69, 9.17) is 4.74 Å². The summed E-state index contributed by atoms with van der Waals surface area (Å²) in [7, 11) is 3.82. The maximum absolute atomic E-state index is 12.4. The zero-order chi connectivity index (χ0) is 17.4. The molecule has 1 atom stereocenters. The second-order valence-corrected chi connectivity index (χ2v) is 6.66. The number of anilines is 2. The molecule has 1 aromatic rings. The number of nitrogens with zero attached hydrogens (tertiary/aromatic N) is 2. The van der Waals surface area contributed by atoms with E-state index in [-0.39, 0.29) is 6.03 Å². The first-order valence-corrected chi connectivity index (χ1v) is 9.00. The quantitative estimate of drug-likeness (QED) is 0.825. The van der Waals surface area contributed by atoms with Crippen molar-refractivity contribution in [2.24, 2.45) is 5.92 Å². The summed E-state index contributed by atoms with van der Waals surface area (Å²) in [5, 5.41) is 3.01. The minimum Gasteiger partial charge on any atom is -0.384 e. The molecule has 2 rings (SSSR count). The Morgan fingerprint density at radius 3 is 2.79 bits per heavy atom. The fourth-order valence-electron chi connectivity index (χ4n) is 3.15. The number of methoxy groups -OCH3 is 1. The van der Waals surface area contributed by atoms with E-state index in [0.29, 0.717) is 5.92 Å². The van der Waals surface area contributed by atoms with Crippen LogP contribution in [0.2, 0.25) is 0 Å². The number of carbonyl (C=O) groups is 1. The number of urea groups is 1. The lowest BCUT2D eigenvalue weighted by atomic mass is 9.99. The average molecular weight is 333 g/mol.